The summed E-state index contributed by atoms with van der Waals surface area (Å²) in [5, 5.41) is 21.4. The van der Waals surface area contributed by atoms with E-state index in [1.165, 1.54) is 6.92 Å². The molecule has 0 amide bonds. The number of hydrogen-bond donors (Lipinski definition) is 3. The van der Waals surface area contributed by atoms with Gasteiger partial charge in [-0.3, -0.25) is 0 Å². The molecule has 3 N–H and O–H groups in total. The van der Waals surface area contributed by atoms with Crippen LogP contribution in [-0.4, -0.2) is 35.4 Å². The molecular formula is C13H19NO4. The number of para-hydroxylation sites is 1. The fourth-order valence-electron chi connectivity index (χ4n) is 1.56. The van der Waals surface area contributed by atoms with Crippen LogP contribution in [0.5, 0.6) is 5.75 Å². The SMILES string of the molecule is COc1ccccc1[C@H](C)NCC(C)(O)C(=O)O. The largest absolute Gasteiger partial charge is 0.496 e. The van der Waals surface area contributed by atoms with E-state index in [0.717, 1.165) is 11.3 Å². The molecule has 0 saturated carbocycles. The Labute approximate surface area is 106 Å². The zero-order valence-corrected chi connectivity index (χ0v) is 10.8. The van der Waals surface area contributed by atoms with E-state index in [2.05, 4.69) is 5.32 Å². The Hall–Kier alpha value is -1.59. The van der Waals surface area contributed by atoms with Crippen molar-refractivity contribution in [1.29, 1.82) is 0 Å². The van der Waals surface area contributed by atoms with Gasteiger partial charge in [0.05, 0.1) is 7.11 Å². The van der Waals surface area contributed by atoms with Crippen LogP contribution in [0.4, 0.5) is 0 Å². The molecule has 0 aliphatic heterocycles. The van der Waals surface area contributed by atoms with Crippen LogP contribution < -0.4 is 10.1 Å². The molecule has 1 unspecified atom stereocenters. The van der Waals surface area contributed by atoms with Gasteiger partial charge in [0.15, 0.2) is 5.60 Å². The second-order valence-electron chi connectivity index (χ2n) is 4.42. The summed E-state index contributed by atoms with van der Waals surface area (Å²) in [6.45, 7) is 3.11. The van der Waals surface area contributed by atoms with Gasteiger partial charge in [-0.2, -0.15) is 0 Å². The van der Waals surface area contributed by atoms with Crippen LogP contribution in [0.15, 0.2) is 24.3 Å². The molecule has 100 valence electrons. The highest BCUT2D eigenvalue weighted by atomic mass is 16.5. The van der Waals surface area contributed by atoms with Gasteiger partial charge in [-0.05, 0) is 19.9 Å². The molecule has 0 aliphatic rings. The van der Waals surface area contributed by atoms with Gasteiger partial charge in [0.1, 0.15) is 5.75 Å². The van der Waals surface area contributed by atoms with Crippen molar-refractivity contribution in [1.82, 2.24) is 5.32 Å². The van der Waals surface area contributed by atoms with Gasteiger partial charge in [-0.1, -0.05) is 18.2 Å². The predicted octanol–water partition coefficient (Wildman–Crippen LogP) is 1.18. The molecule has 0 saturated heterocycles. The van der Waals surface area contributed by atoms with E-state index < -0.39 is 11.6 Å². The smallest absolute Gasteiger partial charge is 0.336 e. The van der Waals surface area contributed by atoms with E-state index in [0.29, 0.717) is 0 Å². The molecule has 0 bridgehead atoms. The number of carbonyl (C=O) groups is 1. The first-order valence-corrected chi connectivity index (χ1v) is 5.70. The van der Waals surface area contributed by atoms with Crippen molar-refractivity contribution in [2.45, 2.75) is 25.5 Å². The lowest BCUT2D eigenvalue weighted by atomic mass is 10.0. The Balaban J connectivity index is 2.71. The summed E-state index contributed by atoms with van der Waals surface area (Å²) in [5.41, 5.74) is -0.864. The van der Waals surface area contributed by atoms with Gasteiger partial charge in [-0.25, -0.2) is 4.79 Å². The fraction of sp³-hybridized carbons (Fsp3) is 0.462. The number of methoxy groups -OCH3 is 1. The van der Waals surface area contributed by atoms with Crippen molar-refractivity contribution < 1.29 is 19.7 Å². The van der Waals surface area contributed by atoms with Gasteiger partial charge in [0, 0.05) is 18.2 Å². The average Bonchev–Trinajstić information content (AvgIpc) is 2.35. The maximum absolute atomic E-state index is 10.8. The van der Waals surface area contributed by atoms with E-state index in [-0.39, 0.29) is 12.6 Å². The lowest BCUT2D eigenvalue weighted by molar-refractivity contribution is -0.156. The molecule has 0 aliphatic carbocycles. The first-order valence-electron chi connectivity index (χ1n) is 5.70. The number of aliphatic hydroxyl groups is 1. The normalized spacial score (nSPS) is 15.8. The summed E-state index contributed by atoms with van der Waals surface area (Å²) in [6, 6.07) is 7.36. The number of benzene rings is 1. The Morgan fingerprint density at radius 2 is 2.11 bits per heavy atom. The summed E-state index contributed by atoms with van der Waals surface area (Å²) in [4.78, 5) is 10.8. The van der Waals surface area contributed by atoms with Crippen molar-refractivity contribution in [2.24, 2.45) is 0 Å². The topological polar surface area (TPSA) is 78.8 Å². The first kappa shape index (κ1) is 14.5. The summed E-state index contributed by atoms with van der Waals surface area (Å²) >= 11 is 0. The summed E-state index contributed by atoms with van der Waals surface area (Å²) < 4.78 is 5.23. The predicted molar refractivity (Wildman–Crippen MR) is 67.7 cm³/mol. The third-order valence-electron chi connectivity index (χ3n) is 2.82. The van der Waals surface area contributed by atoms with Crippen LogP contribution in [0.3, 0.4) is 0 Å². The number of ether oxygens (including phenoxy) is 1. The lowest BCUT2D eigenvalue weighted by Crippen LogP contribution is -2.45. The second-order valence-corrected chi connectivity index (χ2v) is 4.42. The molecule has 5 heteroatoms. The number of nitrogens with one attached hydrogen (secondary N) is 1. The molecule has 2 atom stereocenters. The van der Waals surface area contributed by atoms with Crippen LogP contribution in [0.2, 0.25) is 0 Å². The second kappa shape index (κ2) is 5.84. The molecule has 1 rings (SSSR count). The highest BCUT2D eigenvalue weighted by molar-refractivity contribution is 5.76. The zero-order valence-electron chi connectivity index (χ0n) is 10.8. The van der Waals surface area contributed by atoms with Gasteiger partial charge in [0.2, 0.25) is 0 Å². The average molecular weight is 253 g/mol. The number of carboxylic acid groups (broad SMARTS) is 1. The lowest BCUT2D eigenvalue weighted by Gasteiger charge is -2.23. The van der Waals surface area contributed by atoms with Crippen molar-refractivity contribution in [3.05, 3.63) is 29.8 Å². The van der Waals surface area contributed by atoms with E-state index >= 15 is 0 Å². The van der Waals surface area contributed by atoms with Gasteiger partial charge in [-0.15, -0.1) is 0 Å². The Kier molecular flexibility index (Phi) is 4.69. The summed E-state index contributed by atoms with van der Waals surface area (Å²) in [7, 11) is 1.58. The van der Waals surface area contributed by atoms with Crippen LogP contribution in [0, 0.1) is 0 Å². The molecule has 5 nitrogen and oxygen atoms in total. The van der Waals surface area contributed by atoms with Crippen molar-refractivity contribution >= 4 is 5.97 Å². The molecule has 0 aromatic heterocycles. The van der Waals surface area contributed by atoms with Crippen molar-refractivity contribution in [3.8, 4) is 5.75 Å². The number of rotatable bonds is 6. The van der Waals surface area contributed by atoms with Gasteiger partial charge >= 0.3 is 5.97 Å². The van der Waals surface area contributed by atoms with E-state index in [1.807, 2.05) is 31.2 Å². The first-order chi connectivity index (χ1) is 8.38. The minimum absolute atomic E-state index is 0.0401. The maximum atomic E-state index is 10.8. The van der Waals surface area contributed by atoms with Crippen molar-refractivity contribution in [3.63, 3.8) is 0 Å². The number of hydrogen-bond acceptors (Lipinski definition) is 4. The quantitative estimate of drug-likeness (QED) is 0.709. The van der Waals surface area contributed by atoms with E-state index in [9.17, 15) is 9.90 Å². The van der Waals surface area contributed by atoms with Crippen LogP contribution in [0.25, 0.3) is 0 Å². The summed E-state index contributed by atoms with van der Waals surface area (Å²) in [5.74, 6) is -0.519. The number of aliphatic carboxylic acids is 1. The molecule has 1 aromatic carbocycles. The molecule has 0 heterocycles. The molecule has 0 fully saturated rings. The third-order valence-corrected chi connectivity index (χ3v) is 2.82. The molecule has 1 aromatic rings. The molecule has 18 heavy (non-hydrogen) atoms. The monoisotopic (exact) mass is 253 g/mol. The highest BCUT2D eigenvalue weighted by Gasteiger charge is 2.30. The molecular weight excluding hydrogens is 234 g/mol. The van der Waals surface area contributed by atoms with Crippen LogP contribution in [-0.2, 0) is 4.79 Å². The Morgan fingerprint density at radius 3 is 2.67 bits per heavy atom. The fourth-order valence-corrected chi connectivity index (χ4v) is 1.56. The Morgan fingerprint density at radius 1 is 1.50 bits per heavy atom. The van der Waals surface area contributed by atoms with Crippen LogP contribution >= 0.6 is 0 Å². The standard InChI is InChI=1S/C13H19NO4/c1-9(14-8-13(2,17)12(15)16)10-6-4-5-7-11(10)18-3/h4-7,9,14,17H,8H2,1-3H3,(H,15,16)/t9-,13?/m0/s1. The van der Waals surface area contributed by atoms with Crippen molar-refractivity contribution in [2.75, 3.05) is 13.7 Å². The minimum atomic E-state index is -1.78. The summed E-state index contributed by atoms with van der Waals surface area (Å²) in [6.07, 6.45) is 0. The van der Waals surface area contributed by atoms with Gasteiger partial charge < -0.3 is 20.3 Å². The molecule has 0 radical (unpaired) electrons. The number of carboxylic acids is 1. The Bertz CT molecular complexity index is 417. The molecule has 0 spiro atoms. The maximum Gasteiger partial charge on any atom is 0.336 e. The zero-order chi connectivity index (χ0) is 13.8. The minimum Gasteiger partial charge on any atom is -0.496 e. The third kappa shape index (κ3) is 3.45. The highest BCUT2D eigenvalue weighted by Crippen LogP contribution is 2.24. The van der Waals surface area contributed by atoms with E-state index in [4.69, 9.17) is 9.84 Å². The van der Waals surface area contributed by atoms with Crippen LogP contribution in [0.1, 0.15) is 25.5 Å². The van der Waals surface area contributed by atoms with E-state index in [1.54, 1.807) is 7.11 Å². The van der Waals surface area contributed by atoms with Gasteiger partial charge in [0.25, 0.3) is 0 Å².